The SMILES string of the molecule is CCCCCC/C=C\C/C=C\CCCCCCCC(=O)OCC(COC(=O)CCCCCCCCCCCCCCCCCCC/C=C\C/C=C\CCCCCCC)OC(=O)CCCCCCCCC/C=C\CCCCCCCC. The fraction of sp³-hybridized carbons (Fsp3) is 0.824. The van der Waals surface area contributed by atoms with E-state index >= 15 is 0 Å². The molecule has 0 bridgehead atoms. The van der Waals surface area contributed by atoms with Gasteiger partial charge in [-0.1, -0.05) is 306 Å². The Morgan fingerprint density at radius 1 is 0.250 bits per heavy atom. The van der Waals surface area contributed by atoms with Crippen molar-refractivity contribution >= 4 is 17.9 Å². The van der Waals surface area contributed by atoms with Crippen molar-refractivity contribution in [3.05, 3.63) is 60.8 Å². The highest BCUT2D eigenvalue weighted by atomic mass is 16.6. The summed E-state index contributed by atoms with van der Waals surface area (Å²) in [5.74, 6) is -0.874. The normalized spacial score (nSPS) is 12.4. The zero-order valence-corrected chi connectivity index (χ0v) is 53.6. The second-order valence-electron chi connectivity index (χ2n) is 23.8. The van der Waals surface area contributed by atoms with E-state index in [2.05, 4.69) is 81.5 Å². The van der Waals surface area contributed by atoms with E-state index in [4.69, 9.17) is 14.2 Å². The van der Waals surface area contributed by atoms with Crippen LogP contribution in [0.2, 0.25) is 0 Å². The molecule has 1 unspecified atom stereocenters. The van der Waals surface area contributed by atoms with Gasteiger partial charge < -0.3 is 14.2 Å². The van der Waals surface area contributed by atoms with E-state index < -0.39 is 6.10 Å². The number of hydrogen-bond donors (Lipinski definition) is 0. The fourth-order valence-corrected chi connectivity index (χ4v) is 10.4. The number of carbonyl (C=O) groups is 3. The molecule has 0 aromatic heterocycles. The van der Waals surface area contributed by atoms with E-state index in [9.17, 15) is 14.4 Å². The first kappa shape index (κ1) is 77.1. The van der Waals surface area contributed by atoms with Crippen molar-refractivity contribution in [3.8, 4) is 0 Å². The van der Waals surface area contributed by atoms with Gasteiger partial charge in [-0.25, -0.2) is 0 Å². The van der Waals surface area contributed by atoms with Crippen LogP contribution >= 0.6 is 0 Å². The molecule has 80 heavy (non-hydrogen) atoms. The summed E-state index contributed by atoms with van der Waals surface area (Å²) in [7, 11) is 0. The molecule has 0 radical (unpaired) electrons. The van der Waals surface area contributed by atoms with Crippen LogP contribution in [0.25, 0.3) is 0 Å². The van der Waals surface area contributed by atoms with Crippen molar-refractivity contribution in [2.75, 3.05) is 13.2 Å². The Labute approximate surface area is 498 Å². The topological polar surface area (TPSA) is 78.9 Å². The maximum atomic E-state index is 12.9. The summed E-state index contributed by atoms with van der Waals surface area (Å²) in [6, 6.07) is 0. The lowest BCUT2D eigenvalue weighted by Crippen LogP contribution is -2.30. The molecular formula is C74H134O6. The van der Waals surface area contributed by atoms with E-state index in [1.54, 1.807) is 0 Å². The third-order valence-electron chi connectivity index (χ3n) is 15.7. The van der Waals surface area contributed by atoms with Gasteiger partial charge in [0, 0.05) is 19.3 Å². The maximum Gasteiger partial charge on any atom is 0.306 e. The minimum atomic E-state index is -0.783. The van der Waals surface area contributed by atoms with Crippen LogP contribution in [0.3, 0.4) is 0 Å². The van der Waals surface area contributed by atoms with E-state index in [0.717, 1.165) is 83.5 Å². The number of unbranched alkanes of at least 4 members (excludes halogenated alkanes) is 44. The lowest BCUT2D eigenvalue weighted by Gasteiger charge is -2.18. The molecule has 0 aromatic rings. The molecular weight excluding hydrogens is 985 g/mol. The van der Waals surface area contributed by atoms with Crippen molar-refractivity contribution in [2.45, 2.75) is 380 Å². The number of hydrogen-bond acceptors (Lipinski definition) is 6. The quantitative estimate of drug-likeness (QED) is 0.0261. The van der Waals surface area contributed by atoms with Gasteiger partial charge in [0.2, 0.25) is 0 Å². The van der Waals surface area contributed by atoms with Crippen LogP contribution in [0.15, 0.2) is 60.8 Å². The highest BCUT2D eigenvalue weighted by Crippen LogP contribution is 2.17. The molecule has 6 nitrogen and oxygen atoms in total. The molecule has 0 N–H and O–H groups in total. The second kappa shape index (κ2) is 68.6. The number of esters is 3. The van der Waals surface area contributed by atoms with Crippen molar-refractivity contribution in [1.82, 2.24) is 0 Å². The Hall–Kier alpha value is -2.89. The van der Waals surface area contributed by atoms with Gasteiger partial charge in [-0.05, 0) is 109 Å². The van der Waals surface area contributed by atoms with Crippen LogP contribution in [-0.4, -0.2) is 37.2 Å². The molecule has 1 atom stereocenters. The third-order valence-corrected chi connectivity index (χ3v) is 15.7. The Balaban J connectivity index is 4.25. The summed E-state index contributed by atoms with van der Waals surface area (Å²) in [6.45, 7) is 6.65. The van der Waals surface area contributed by atoms with E-state index in [1.807, 2.05) is 0 Å². The first-order valence-corrected chi connectivity index (χ1v) is 35.3. The largest absolute Gasteiger partial charge is 0.462 e. The van der Waals surface area contributed by atoms with Crippen LogP contribution in [0.1, 0.15) is 374 Å². The molecule has 6 heteroatoms. The first-order chi connectivity index (χ1) is 39.5. The van der Waals surface area contributed by atoms with E-state index in [-0.39, 0.29) is 31.1 Å². The Kier molecular flexibility index (Phi) is 66.1. The molecule has 0 amide bonds. The summed E-state index contributed by atoms with van der Waals surface area (Å²) in [5.41, 5.74) is 0. The highest BCUT2D eigenvalue weighted by molar-refractivity contribution is 5.71. The van der Waals surface area contributed by atoms with Crippen LogP contribution < -0.4 is 0 Å². The minimum Gasteiger partial charge on any atom is -0.462 e. The standard InChI is InChI=1S/C74H134O6/c1-4-7-10-13-16-19-22-25-28-31-32-33-34-35-36-37-38-39-40-41-42-44-46-49-52-55-58-61-64-67-73(76)79-70-71(69-78-72(75)66-63-60-57-54-51-48-45-30-27-24-21-18-15-12-9-6-3)80-74(77)68-65-62-59-56-53-50-47-43-29-26-23-20-17-14-11-8-5-2/h21-22,24-26,29-32,45,71H,4-20,23,27-28,33-44,46-70H2,1-3H3/b24-21-,25-22-,29-26-,32-31-,45-30-. The van der Waals surface area contributed by atoms with Crippen molar-refractivity contribution in [1.29, 1.82) is 0 Å². The Bertz CT molecular complexity index is 1430. The van der Waals surface area contributed by atoms with Gasteiger partial charge in [0.1, 0.15) is 13.2 Å². The monoisotopic (exact) mass is 1120 g/mol. The Morgan fingerprint density at radius 2 is 0.450 bits per heavy atom. The molecule has 0 heterocycles. The van der Waals surface area contributed by atoms with Gasteiger partial charge >= 0.3 is 17.9 Å². The first-order valence-electron chi connectivity index (χ1n) is 35.3. The molecule has 0 aliphatic heterocycles. The molecule has 0 rings (SSSR count). The minimum absolute atomic E-state index is 0.0772. The van der Waals surface area contributed by atoms with Crippen LogP contribution in [0.5, 0.6) is 0 Å². The highest BCUT2D eigenvalue weighted by Gasteiger charge is 2.19. The average molecular weight is 1120 g/mol. The summed E-state index contributed by atoms with van der Waals surface area (Å²) < 4.78 is 17.0. The average Bonchev–Trinajstić information content (AvgIpc) is 3.46. The third kappa shape index (κ3) is 65.9. The van der Waals surface area contributed by atoms with Gasteiger partial charge in [0.15, 0.2) is 6.10 Å². The predicted octanol–water partition coefficient (Wildman–Crippen LogP) is 24.3. The van der Waals surface area contributed by atoms with E-state index in [0.29, 0.717) is 19.3 Å². The molecule has 0 saturated carbocycles. The summed E-state index contributed by atoms with van der Waals surface area (Å²) in [4.78, 5) is 38.4. The van der Waals surface area contributed by atoms with Crippen molar-refractivity contribution in [3.63, 3.8) is 0 Å². The van der Waals surface area contributed by atoms with E-state index in [1.165, 1.54) is 250 Å². The zero-order valence-electron chi connectivity index (χ0n) is 53.6. The number of ether oxygens (including phenoxy) is 3. The van der Waals surface area contributed by atoms with Crippen LogP contribution in [-0.2, 0) is 28.6 Å². The van der Waals surface area contributed by atoms with Gasteiger partial charge in [0.05, 0.1) is 0 Å². The maximum absolute atomic E-state index is 12.9. The molecule has 466 valence electrons. The molecule has 0 spiro atoms. The fourth-order valence-electron chi connectivity index (χ4n) is 10.4. The lowest BCUT2D eigenvalue weighted by molar-refractivity contribution is -0.167. The van der Waals surface area contributed by atoms with Gasteiger partial charge in [-0.3, -0.25) is 14.4 Å². The second-order valence-corrected chi connectivity index (χ2v) is 23.8. The molecule has 0 aromatic carbocycles. The van der Waals surface area contributed by atoms with Crippen molar-refractivity contribution in [2.24, 2.45) is 0 Å². The van der Waals surface area contributed by atoms with Gasteiger partial charge in [-0.15, -0.1) is 0 Å². The predicted molar refractivity (Wildman–Crippen MR) is 348 cm³/mol. The molecule has 0 fully saturated rings. The molecule has 0 saturated heterocycles. The smallest absolute Gasteiger partial charge is 0.306 e. The zero-order chi connectivity index (χ0) is 57.8. The van der Waals surface area contributed by atoms with Gasteiger partial charge in [0.25, 0.3) is 0 Å². The summed E-state index contributed by atoms with van der Waals surface area (Å²) in [5, 5.41) is 0. The molecule has 0 aliphatic carbocycles. The molecule has 0 aliphatic rings. The van der Waals surface area contributed by atoms with Crippen LogP contribution in [0, 0.1) is 0 Å². The summed E-state index contributed by atoms with van der Waals surface area (Å²) in [6.07, 6.45) is 88.2. The van der Waals surface area contributed by atoms with Crippen LogP contribution in [0.4, 0.5) is 0 Å². The van der Waals surface area contributed by atoms with Crippen molar-refractivity contribution < 1.29 is 28.6 Å². The lowest BCUT2D eigenvalue weighted by atomic mass is 10.0. The number of carbonyl (C=O) groups excluding carboxylic acids is 3. The van der Waals surface area contributed by atoms with Gasteiger partial charge in [-0.2, -0.15) is 0 Å². The number of allylic oxidation sites excluding steroid dienone is 10. The number of rotatable bonds is 65. The Morgan fingerprint density at radius 3 is 0.713 bits per heavy atom. The summed E-state index contributed by atoms with van der Waals surface area (Å²) >= 11 is 0.